The Hall–Kier alpha value is -2.34. The Bertz CT molecular complexity index is 585. The van der Waals surface area contributed by atoms with Gasteiger partial charge in [-0.15, -0.1) is 0 Å². The summed E-state index contributed by atoms with van der Waals surface area (Å²) in [5.74, 6) is 1.18. The molecule has 3 N–H and O–H groups in total. The first-order valence-corrected chi connectivity index (χ1v) is 6.75. The van der Waals surface area contributed by atoms with Crippen molar-refractivity contribution in [3.8, 4) is 17.5 Å². The van der Waals surface area contributed by atoms with Gasteiger partial charge in [0, 0.05) is 6.61 Å². The molecule has 0 atom stereocenters. The second-order valence-corrected chi connectivity index (χ2v) is 4.78. The first-order chi connectivity index (χ1) is 10.1. The Kier molecular flexibility index (Phi) is 4.94. The van der Waals surface area contributed by atoms with Crippen molar-refractivity contribution in [2.24, 2.45) is 0 Å². The monoisotopic (exact) mass is 289 g/mol. The summed E-state index contributed by atoms with van der Waals surface area (Å²) in [6.07, 6.45) is 1.93. The normalized spacial score (nSPS) is 10.7. The summed E-state index contributed by atoms with van der Waals surface area (Å²) in [7, 11) is 0. The van der Waals surface area contributed by atoms with E-state index in [4.69, 9.17) is 20.3 Å². The van der Waals surface area contributed by atoms with Crippen LogP contribution in [0.4, 0.5) is 5.69 Å². The minimum Gasteiger partial charge on any atom is -0.473 e. The van der Waals surface area contributed by atoms with Gasteiger partial charge in [0.2, 0.25) is 11.8 Å². The van der Waals surface area contributed by atoms with Crippen LogP contribution in [0.5, 0.6) is 17.5 Å². The van der Waals surface area contributed by atoms with Gasteiger partial charge in [0.15, 0.2) is 5.69 Å². The van der Waals surface area contributed by atoms with Crippen molar-refractivity contribution in [3.63, 3.8) is 0 Å². The quantitative estimate of drug-likeness (QED) is 0.847. The minimum absolute atomic E-state index is 0.0344. The highest BCUT2D eigenvalue weighted by Gasteiger charge is 2.12. The maximum absolute atomic E-state index is 8.88. The minimum atomic E-state index is -0.0344. The number of hydrogen-bond donors (Lipinski definition) is 2. The third-order valence-electron chi connectivity index (χ3n) is 2.70. The summed E-state index contributed by atoms with van der Waals surface area (Å²) in [6, 6.07) is 7.37. The van der Waals surface area contributed by atoms with Crippen LogP contribution in [0.15, 0.2) is 30.6 Å². The predicted molar refractivity (Wildman–Crippen MR) is 79.5 cm³/mol. The Morgan fingerprint density at radius 2 is 1.81 bits per heavy atom. The molecule has 21 heavy (non-hydrogen) atoms. The van der Waals surface area contributed by atoms with Crippen molar-refractivity contribution < 1.29 is 14.6 Å². The number of anilines is 1. The van der Waals surface area contributed by atoms with Gasteiger partial charge in [-0.2, -0.15) is 9.97 Å². The number of hydrogen-bond acceptors (Lipinski definition) is 6. The Balaban J connectivity index is 2.15. The van der Waals surface area contributed by atoms with E-state index in [0.717, 1.165) is 5.56 Å². The number of aromatic nitrogens is 2. The van der Waals surface area contributed by atoms with Gasteiger partial charge >= 0.3 is 0 Å². The van der Waals surface area contributed by atoms with Crippen LogP contribution in [0.2, 0.25) is 0 Å². The molecular weight excluding hydrogens is 270 g/mol. The molecule has 0 saturated heterocycles. The molecule has 0 unspecified atom stereocenters. The van der Waals surface area contributed by atoms with Crippen molar-refractivity contribution in [1.29, 1.82) is 0 Å². The molecule has 0 fully saturated rings. The molecule has 6 nitrogen and oxygen atoms in total. The van der Waals surface area contributed by atoms with E-state index in [-0.39, 0.29) is 24.3 Å². The maximum atomic E-state index is 8.88. The second kappa shape index (κ2) is 6.90. The fourth-order valence-electron chi connectivity index (χ4n) is 1.73. The third kappa shape index (κ3) is 4.06. The molecule has 6 heteroatoms. The average molecular weight is 289 g/mol. The maximum Gasteiger partial charge on any atom is 0.249 e. The Morgan fingerprint density at radius 1 is 1.14 bits per heavy atom. The van der Waals surface area contributed by atoms with Crippen LogP contribution in [0.1, 0.15) is 19.4 Å². The lowest BCUT2D eigenvalue weighted by atomic mass is 10.1. The predicted octanol–water partition coefficient (Wildman–Crippen LogP) is 2.17. The zero-order valence-corrected chi connectivity index (χ0v) is 12.1. The number of nitrogens with zero attached hydrogens (tertiary/aromatic N) is 2. The summed E-state index contributed by atoms with van der Waals surface area (Å²) < 4.78 is 11.1. The lowest BCUT2D eigenvalue weighted by Gasteiger charge is -2.13. The molecule has 0 spiro atoms. The molecule has 1 aromatic carbocycles. The number of aliphatic hydroxyl groups excluding tert-OH is 1. The van der Waals surface area contributed by atoms with Crippen molar-refractivity contribution >= 4 is 5.69 Å². The third-order valence-corrected chi connectivity index (χ3v) is 2.70. The molecule has 1 heterocycles. The fourth-order valence-corrected chi connectivity index (χ4v) is 1.73. The van der Waals surface area contributed by atoms with E-state index in [2.05, 4.69) is 9.97 Å². The fraction of sp³-hybridized carbons (Fsp3) is 0.333. The average Bonchev–Trinajstić information content (AvgIpc) is 2.45. The van der Waals surface area contributed by atoms with E-state index in [1.54, 1.807) is 12.1 Å². The van der Waals surface area contributed by atoms with Gasteiger partial charge in [0.05, 0.1) is 6.10 Å². The van der Waals surface area contributed by atoms with E-state index in [1.807, 2.05) is 26.0 Å². The highest BCUT2D eigenvalue weighted by atomic mass is 16.5. The highest BCUT2D eigenvalue weighted by Crippen LogP contribution is 2.31. The molecule has 0 aliphatic heterocycles. The molecule has 1 aromatic heterocycles. The smallest absolute Gasteiger partial charge is 0.249 e. The summed E-state index contributed by atoms with van der Waals surface area (Å²) in [6.45, 7) is 3.90. The van der Waals surface area contributed by atoms with Gasteiger partial charge in [-0.05, 0) is 38.0 Å². The molecule has 0 aliphatic rings. The summed E-state index contributed by atoms with van der Waals surface area (Å²) in [5.41, 5.74) is 7.25. The largest absolute Gasteiger partial charge is 0.473 e. The van der Waals surface area contributed by atoms with E-state index < -0.39 is 0 Å². The van der Waals surface area contributed by atoms with Crippen LogP contribution >= 0.6 is 0 Å². The standard InChI is InChI=1S/C15H19N3O3/c1-10(2)20-14-13(16)15(18-9-17-14)21-12-5-3-11(4-6-12)7-8-19/h3-6,9-10,19H,7-8,16H2,1-2H3. The van der Waals surface area contributed by atoms with Crippen molar-refractivity contribution in [1.82, 2.24) is 9.97 Å². The van der Waals surface area contributed by atoms with E-state index in [9.17, 15) is 0 Å². The molecule has 2 aromatic rings. The van der Waals surface area contributed by atoms with Gasteiger partial charge in [0.25, 0.3) is 0 Å². The SMILES string of the molecule is CC(C)Oc1ncnc(Oc2ccc(CCO)cc2)c1N. The van der Waals surface area contributed by atoms with Crippen LogP contribution in [0, 0.1) is 0 Å². The van der Waals surface area contributed by atoms with Crippen molar-refractivity contribution in [2.45, 2.75) is 26.4 Å². The van der Waals surface area contributed by atoms with Gasteiger partial charge in [0.1, 0.15) is 12.1 Å². The summed E-state index contributed by atoms with van der Waals surface area (Å²) in [4.78, 5) is 8.01. The van der Waals surface area contributed by atoms with Crippen molar-refractivity contribution in [3.05, 3.63) is 36.2 Å². The molecule has 0 aliphatic carbocycles. The molecule has 0 saturated carbocycles. The lowest BCUT2D eigenvalue weighted by Crippen LogP contribution is -2.10. The topological polar surface area (TPSA) is 90.5 Å². The molecule has 0 amide bonds. The molecule has 112 valence electrons. The molecular formula is C15H19N3O3. The summed E-state index contributed by atoms with van der Waals surface area (Å²) >= 11 is 0. The van der Waals surface area contributed by atoms with Crippen LogP contribution in [0.25, 0.3) is 0 Å². The first kappa shape index (κ1) is 15.1. The molecule has 0 bridgehead atoms. The van der Waals surface area contributed by atoms with Gasteiger partial charge in [-0.25, -0.2) is 0 Å². The van der Waals surface area contributed by atoms with E-state index in [0.29, 0.717) is 18.1 Å². The second-order valence-electron chi connectivity index (χ2n) is 4.78. The van der Waals surface area contributed by atoms with Gasteiger partial charge in [-0.3, -0.25) is 0 Å². The number of benzene rings is 1. The molecule has 0 radical (unpaired) electrons. The van der Waals surface area contributed by atoms with Crippen LogP contribution in [-0.2, 0) is 6.42 Å². The first-order valence-electron chi connectivity index (χ1n) is 6.75. The zero-order valence-electron chi connectivity index (χ0n) is 12.1. The van der Waals surface area contributed by atoms with Gasteiger partial charge in [-0.1, -0.05) is 12.1 Å². The van der Waals surface area contributed by atoms with Gasteiger partial charge < -0.3 is 20.3 Å². The van der Waals surface area contributed by atoms with Crippen LogP contribution in [0.3, 0.4) is 0 Å². The molecule has 2 rings (SSSR count). The van der Waals surface area contributed by atoms with Crippen LogP contribution < -0.4 is 15.2 Å². The zero-order chi connectivity index (χ0) is 15.2. The highest BCUT2D eigenvalue weighted by molar-refractivity contribution is 5.56. The van der Waals surface area contributed by atoms with Crippen LogP contribution in [-0.4, -0.2) is 27.8 Å². The van der Waals surface area contributed by atoms with Crippen molar-refractivity contribution in [2.75, 3.05) is 12.3 Å². The lowest BCUT2D eigenvalue weighted by molar-refractivity contribution is 0.232. The number of aliphatic hydroxyl groups is 1. The Labute approximate surface area is 123 Å². The number of ether oxygens (including phenoxy) is 2. The Morgan fingerprint density at radius 3 is 2.43 bits per heavy atom. The van der Waals surface area contributed by atoms with E-state index in [1.165, 1.54) is 6.33 Å². The number of rotatable bonds is 6. The number of nitrogen functional groups attached to an aromatic ring is 1. The summed E-state index contributed by atoms with van der Waals surface area (Å²) in [5, 5.41) is 8.88. The number of nitrogens with two attached hydrogens (primary N) is 1. The van der Waals surface area contributed by atoms with E-state index >= 15 is 0 Å².